The second-order valence-electron chi connectivity index (χ2n) is 16.9. The van der Waals surface area contributed by atoms with E-state index in [0.717, 1.165) is 56.3 Å². The van der Waals surface area contributed by atoms with Crippen LogP contribution < -0.4 is 19.9 Å². The van der Waals surface area contributed by atoms with Crippen LogP contribution in [0.2, 0.25) is 0 Å². The Morgan fingerprint density at radius 2 is 1.62 bits per heavy atom. The van der Waals surface area contributed by atoms with E-state index in [-0.39, 0.29) is 36.2 Å². The van der Waals surface area contributed by atoms with Crippen molar-refractivity contribution in [2.75, 3.05) is 29.4 Å². The van der Waals surface area contributed by atoms with E-state index in [4.69, 9.17) is 4.74 Å². The molecule has 0 radical (unpaired) electrons. The Kier molecular flexibility index (Phi) is 8.50. The smallest absolute Gasteiger partial charge is 0.330 e. The molecule has 1 amide bonds. The van der Waals surface area contributed by atoms with Crippen LogP contribution in [-0.2, 0) is 16.1 Å². The quantitative estimate of drug-likeness (QED) is 0.245. The standard InChI is InChI=1S/C39H44F4N8O4/c1-36(41,42)31-27(32(52)49-39(33(53)54)23-11-22-12-24(39)16-38(43,14-22)15-23)19-47-35(48-31)51-21-37(7-3-2-4-8-37)28-13-30(44-20-29(28)51)55-26-5-9-50(10-6-26)34-45-17-25(40)18-46-34/h13,17-20,22-24,26H,2-12,14-16,21H2,1H3,(H,49,52)(H,53,54)/t22?,23-,24+,38-,39-. The fourth-order valence-corrected chi connectivity index (χ4v) is 11.0. The van der Waals surface area contributed by atoms with E-state index in [9.17, 15) is 19.1 Å². The number of alkyl halides is 3. The lowest BCUT2D eigenvalue weighted by molar-refractivity contribution is -0.174. The molecule has 55 heavy (non-hydrogen) atoms. The maximum absolute atomic E-state index is 15.6. The first-order chi connectivity index (χ1) is 26.3. The van der Waals surface area contributed by atoms with Gasteiger partial charge in [-0.15, -0.1) is 0 Å². The van der Waals surface area contributed by atoms with E-state index in [1.54, 1.807) is 11.1 Å². The van der Waals surface area contributed by atoms with Crippen LogP contribution in [0.3, 0.4) is 0 Å². The summed E-state index contributed by atoms with van der Waals surface area (Å²) in [5.41, 5.74) is -3.18. The van der Waals surface area contributed by atoms with Crippen LogP contribution in [0.15, 0.2) is 30.9 Å². The van der Waals surface area contributed by atoms with Crippen LogP contribution in [-0.4, -0.2) is 78.8 Å². The van der Waals surface area contributed by atoms with Gasteiger partial charge in [-0.2, -0.15) is 8.78 Å². The molecule has 2 N–H and O–H groups in total. The van der Waals surface area contributed by atoms with Gasteiger partial charge in [0.25, 0.3) is 11.8 Å². The second-order valence-corrected chi connectivity index (χ2v) is 16.9. The highest BCUT2D eigenvalue weighted by Crippen LogP contribution is 2.61. The van der Waals surface area contributed by atoms with Crippen LogP contribution in [0.1, 0.15) is 106 Å². The number of carboxylic acid groups (broad SMARTS) is 1. The van der Waals surface area contributed by atoms with Crippen molar-refractivity contribution in [3.05, 3.63) is 53.5 Å². The average molecular weight is 765 g/mol. The topological polar surface area (TPSA) is 147 Å². The van der Waals surface area contributed by atoms with Gasteiger partial charge in [0, 0.05) is 57.1 Å². The van der Waals surface area contributed by atoms with E-state index in [2.05, 4.69) is 30.2 Å². The number of hydrogen-bond acceptors (Lipinski definition) is 10. The lowest BCUT2D eigenvalue weighted by Gasteiger charge is -2.61. The molecule has 2 aliphatic heterocycles. The molecule has 3 aromatic rings. The molecule has 6 fully saturated rings. The summed E-state index contributed by atoms with van der Waals surface area (Å²) in [7, 11) is 0. The summed E-state index contributed by atoms with van der Waals surface area (Å²) in [5.74, 6) is -6.66. The number of nitrogens with zero attached hydrogens (tertiary/aromatic N) is 7. The number of hydrogen-bond donors (Lipinski definition) is 2. The van der Waals surface area contributed by atoms with Crippen molar-refractivity contribution in [1.29, 1.82) is 0 Å². The monoisotopic (exact) mass is 764 g/mol. The summed E-state index contributed by atoms with van der Waals surface area (Å²) in [5, 5.41) is 13.2. The minimum Gasteiger partial charge on any atom is -0.479 e. The Hall–Kier alpha value is -4.63. The van der Waals surface area contributed by atoms with Gasteiger partial charge in [0.1, 0.15) is 23.0 Å². The molecule has 5 heterocycles. The first-order valence-corrected chi connectivity index (χ1v) is 19.4. The van der Waals surface area contributed by atoms with Crippen molar-refractivity contribution >= 4 is 29.5 Å². The SMILES string of the molecule is CC(F)(F)c1nc(N2CC3(CCCCC3)c3cc(OC4CCN(c5ncc(F)cn5)CC4)ncc32)ncc1C(=O)N[C@]1(C(=O)O)[C@@H]2CC3C[C@H]1C[C@@](F)(C3)C2. The van der Waals surface area contributed by atoms with Crippen LogP contribution in [0.4, 0.5) is 35.1 Å². The first kappa shape index (κ1) is 36.0. The van der Waals surface area contributed by atoms with Crippen LogP contribution in [0.25, 0.3) is 0 Å². The Morgan fingerprint density at radius 3 is 2.25 bits per heavy atom. The predicted octanol–water partition coefficient (Wildman–Crippen LogP) is 6.42. The van der Waals surface area contributed by atoms with Gasteiger partial charge < -0.3 is 25.0 Å². The third kappa shape index (κ3) is 6.14. The first-order valence-electron chi connectivity index (χ1n) is 19.4. The molecular formula is C39H44F4N8O4. The molecule has 1 unspecified atom stereocenters. The van der Waals surface area contributed by atoms with E-state index in [1.165, 1.54) is 0 Å². The van der Waals surface area contributed by atoms with Gasteiger partial charge in [-0.1, -0.05) is 19.3 Å². The van der Waals surface area contributed by atoms with Crippen molar-refractivity contribution in [2.24, 2.45) is 17.8 Å². The zero-order chi connectivity index (χ0) is 38.3. The van der Waals surface area contributed by atoms with Crippen molar-refractivity contribution in [1.82, 2.24) is 30.2 Å². The van der Waals surface area contributed by atoms with E-state index in [1.807, 2.05) is 11.0 Å². The van der Waals surface area contributed by atoms with Gasteiger partial charge in [0.05, 0.1) is 29.8 Å². The van der Waals surface area contributed by atoms with E-state index < -0.39 is 57.9 Å². The second kappa shape index (κ2) is 13.0. The third-order valence-corrected chi connectivity index (χ3v) is 13.4. The molecule has 292 valence electrons. The third-order valence-electron chi connectivity index (χ3n) is 13.4. The van der Waals surface area contributed by atoms with Crippen LogP contribution in [0, 0.1) is 23.6 Å². The molecule has 16 heteroatoms. The summed E-state index contributed by atoms with van der Waals surface area (Å²) in [6.07, 6.45) is 12.4. The number of carboxylic acids is 1. The lowest BCUT2D eigenvalue weighted by atomic mass is 9.47. The van der Waals surface area contributed by atoms with Gasteiger partial charge in [-0.25, -0.2) is 38.5 Å². The number of fused-ring (bicyclic) bond motifs is 2. The number of carbonyl (C=O) groups excluding carboxylic acids is 1. The summed E-state index contributed by atoms with van der Waals surface area (Å²) in [6, 6.07) is 1.95. The Morgan fingerprint density at radius 1 is 0.945 bits per heavy atom. The largest absolute Gasteiger partial charge is 0.479 e. The van der Waals surface area contributed by atoms with E-state index in [0.29, 0.717) is 76.2 Å². The summed E-state index contributed by atoms with van der Waals surface area (Å²) in [6.45, 7) is 2.35. The van der Waals surface area contributed by atoms with Gasteiger partial charge in [0.15, 0.2) is 5.82 Å². The molecule has 7 aliphatic rings. The molecule has 1 saturated heterocycles. The highest BCUT2D eigenvalue weighted by Gasteiger charge is 2.67. The Bertz CT molecular complexity index is 1980. The molecule has 3 aromatic heterocycles. The number of aromatic nitrogens is 5. The molecule has 5 aliphatic carbocycles. The van der Waals surface area contributed by atoms with Gasteiger partial charge >= 0.3 is 5.97 Å². The van der Waals surface area contributed by atoms with Crippen LogP contribution in [0.5, 0.6) is 5.88 Å². The zero-order valence-electron chi connectivity index (χ0n) is 30.6. The Labute approximate surface area is 315 Å². The summed E-state index contributed by atoms with van der Waals surface area (Å²) in [4.78, 5) is 52.2. The number of anilines is 3. The number of rotatable bonds is 8. The van der Waals surface area contributed by atoms with E-state index >= 15 is 13.2 Å². The van der Waals surface area contributed by atoms with Crippen LogP contribution >= 0.6 is 0 Å². The zero-order valence-corrected chi connectivity index (χ0v) is 30.6. The fourth-order valence-electron chi connectivity index (χ4n) is 11.0. The predicted molar refractivity (Wildman–Crippen MR) is 191 cm³/mol. The molecule has 12 nitrogen and oxygen atoms in total. The van der Waals surface area contributed by atoms with Crippen molar-refractivity contribution in [3.63, 3.8) is 0 Å². The summed E-state index contributed by atoms with van der Waals surface area (Å²) >= 11 is 0. The Balaban J connectivity index is 0.981. The normalized spacial score (nSPS) is 29.7. The van der Waals surface area contributed by atoms with Crippen molar-refractivity contribution in [2.45, 2.75) is 113 Å². The number of ether oxygens (including phenoxy) is 1. The number of halogens is 4. The van der Waals surface area contributed by atoms with Gasteiger partial charge in [-0.3, -0.25) is 4.79 Å². The number of piperidine rings is 1. The molecule has 10 rings (SSSR count). The number of aliphatic carboxylic acids is 1. The molecule has 1 spiro atoms. The molecule has 5 atom stereocenters. The molecule has 5 saturated carbocycles. The lowest BCUT2D eigenvalue weighted by Crippen LogP contribution is -2.72. The number of carbonyl (C=O) groups is 2. The maximum Gasteiger partial charge on any atom is 0.330 e. The average Bonchev–Trinajstić information content (AvgIpc) is 3.45. The minimum atomic E-state index is -3.58. The van der Waals surface area contributed by atoms with Gasteiger partial charge in [0.2, 0.25) is 17.8 Å². The highest BCUT2D eigenvalue weighted by atomic mass is 19.3. The van der Waals surface area contributed by atoms with Crippen molar-refractivity contribution in [3.8, 4) is 5.88 Å². The minimum absolute atomic E-state index is 0.00966. The summed E-state index contributed by atoms with van der Waals surface area (Å²) < 4.78 is 66.2. The number of amides is 1. The molecule has 0 aromatic carbocycles. The molecular weight excluding hydrogens is 720 g/mol. The van der Waals surface area contributed by atoms with Crippen molar-refractivity contribution < 1.29 is 37.0 Å². The molecule has 4 bridgehead atoms. The number of nitrogens with one attached hydrogen (secondary N) is 1. The fraction of sp³-hybridized carbons (Fsp3) is 0.615. The highest BCUT2D eigenvalue weighted by molar-refractivity contribution is 5.99. The van der Waals surface area contributed by atoms with Gasteiger partial charge in [-0.05, 0) is 68.3 Å². The maximum atomic E-state index is 15.6. The number of pyridine rings is 1.